The summed E-state index contributed by atoms with van der Waals surface area (Å²) in [6.07, 6.45) is 0. The normalized spacial score (nSPS) is 10.4. The van der Waals surface area contributed by atoms with E-state index in [1.165, 1.54) is 6.07 Å². The summed E-state index contributed by atoms with van der Waals surface area (Å²) >= 11 is 0. The summed E-state index contributed by atoms with van der Waals surface area (Å²) in [5, 5.41) is 14.3. The molecule has 0 aromatic heterocycles. The predicted molar refractivity (Wildman–Crippen MR) is 81.9 cm³/mol. The minimum atomic E-state index is -0.410. The van der Waals surface area contributed by atoms with E-state index in [-0.39, 0.29) is 5.69 Å². The maximum atomic E-state index is 11.2. The summed E-state index contributed by atoms with van der Waals surface area (Å²) in [6.45, 7) is 4.36. The van der Waals surface area contributed by atoms with Crippen LogP contribution >= 0.6 is 0 Å². The Morgan fingerprint density at radius 3 is 2.67 bits per heavy atom. The first-order valence-electron chi connectivity index (χ1n) is 6.68. The SMILES string of the molecule is CNCc1cccc(Oc2c(C)cc(C)cc2[N+](=O)[O-])c1. The maximum absolute atomic E-state index is 11.2. The van der Waals surface area contributed by atoms with Crippen molar-refractivity contribution < 1.29 is 9.66 Å². The Morgan fingerprint density at radius 2 is 2.00 bits per heavy atom. The third-order valence-corrected chi connectivity index (χ3v) is 3.10. The zero-order valence-electron chi connectivity index (χ0n) is 12.3. The number of nitro groups is 1. The zero-order chi connectivity index (χ0) is 15.4. The van der Waals surface area contributed by atoms with Gasteiger partial charge in [0.2, 0.25) is 5.75 Å². The van der Waals surface area contributed by atoms with Crippen LogP contribution in [0.1, 0.15) is 16.7 Å². The summed E-state index contributed by atoms with van der Waals surface area (Å²) in [5.74, 6) is 0.894. The fourth-order valence-electron chi connectivity index (χ4n) is 2.24. The molecule has 21 heavy (non-hydrogen) atoms. The van der Waals surface area contributed by atoms with Gasteiger partial charge in [-0.3, -0.25) is 10.1 Å². The monoisotopic (exact) mass is 286 g/mol. The van der Waals surface area contributed by atoms with Crippen LogP contribution in [0, 0.1) is 24.0 Å². The lowest BCUT2D eigenvalue weighted by Crippen LogP contribution is -2.04. The summed E-state index contributed by atoms with van der Waals surface area (Å²) in [7, 11) is 1.86. The number of nitrogens with one attached hydrogen (secondary N) is 1. The van der Waals surface area contributed by atoms with E-state index in [0.717, 1.165) is 16.7 Å². The van der Waals surface area contributed by atoms with Gasteiger partial charge in [-0.1, -0.05) is 18.2 Å². The van der Waals surface area contributed by atoms with E-state index in [9.17, 15) is 10.1 Å². The van der Waals surface area contributed by atoms with Crippen molar-refractivity contribution in [3.05, 3.63) is 63.2 Å². The van der Waals surface area contributed by atoms with E-state index in [1.54, 1.807) is 6.07 Å². The standard InChI is InChI=1S/C16H18N2O3/c1-11-7-12(2)16(15(8-11)18(19)20)21-14-6-4-5-13(9-14)10-17-3/h4-9,17H,10H2,1-3H3. The molecule has 0 saturated carbocycles. The van der Waals surface area contributed by atoms with Crippen LogP contribution in [0.2, 0.25) is 0 Å². The number of hydrogen-bond acceptors (Lipinski definition) is 4. The van der Waals surface area contributed by atoms with Gasteiger partial charge in [0, 0.05) is 12.6 Å². The average Bonchev–Trinajstić information content (AvgIpc) is 2.42. The molecule has 0 heterocycles. The Labute approximate surface area is 123 Å². The zero-order valence-corrected chi connectivity index (χ0v) is 12.3. The number of rotatable bonds is 5. The van der Waals surface area contributed by atoms with Gasteiger partial charge in [-0.05, 0) is 49.7 Å². The summed E-state index contributed by atoms with van der Waals surface area (Å²) in [6, 6.07) is 10.9. The Hall–Kier alpha value is -2.40. The topological polar surface area (TPSA) is 64.4 Å². The molecule has 0 aliphatic carbocycles. The first-order chi connectivity index (χ1) is 10.0. The molecule has 0 spiro atoms. The lowest BCUT2D eigenvalue weighted by atomic mass is 10.1. The van der Waals surface area contributed by atoms with Crippen LogP contribution < -0.4 is 10.1 Å². The second-order valence-corrected chi connectivity index (χ2v) is 4.97. The van der Waals surface area contributed by atoms with E-state index in [2.05, 4.69) is 5.32 Å². The second-order valence-electron chi connectivity index (χ2n) is 4.97. The summed E-state index contributed by atoms with van der Waals surface area (Å²) in [4.78, 5) is 10.8. The molecule has 2 aromatic carbocycles. The molecule has 0 saturated heterocycles. The Bertz CT molecular complexity index is 669. The minimum Gasteiger partial charge on any atom is -0.450 e. The molecule has 0 aliphatic heterocycles. The molecule has 1 N–H and O–H groups in total. The highest BCUT2D eigenvalue weighted by atomic mass is 16.6. The molecule has 0 aliphatic rings. The van der Waals surface area contributed by atoms with Crippen LogP contribution in [0.25, 0.3) is 0 Å². The molecule has 0 unspecified atom stereocenters. The van der Waals surface area contributed by atoms with Gasteiger partial charge in [0.1, 0.15) is 5.75 Å². The van der Waals surface area contributed by atoms with Crippen LogP contribution in [0.15, 0.2) is 36.4 Å². The third-order valence-electron chi connectivity index (χ3n) is 3.10. The molecule has 110 valence electrons. The maximum Gasteiger partial charge on any atom is 0.312 e. The predicted octanol–water partition coefficient (Wildman–Crippen LogP) is 3.72. The first-order valence-corrected chi connectivity index (χ1v) is 6.68. The fraction of sp³-hybridized carbons (Fsp3) is 0.250. The lowest BCUT2D eigenvalue weighted by molar-refractivity contribution is -0.385. The van der Waals surface area contributed by atoms with Crippen molar-refractivity contribution in [3.8, 4) is 11.5 Å². The van der Waals surface area contributed by atoms with E-state index in [1.807, 2.05) is 45.2 Å². The smallest absolute Gasteiger partial charge is 0.312 e. The van der Waals surface area contributed by atoms with Crippen molar-refractivity contribution >= 4 is 5.69 Å². The van der Waals surface area contributed by atoms with Gasteiger partial charge in [0.15, 0.2) is 0 Å². The van der Waals surface area contributed by atoms with Gasteiger partial charge in [-0.15, -0.1) is 0 Å². The molecule has 5 nitrogen and oxygen atoms in total. The van der Waals surface area contributed by atoms with Crippen molar-refractivity contribution in [2.45, 2.75) is 20.4 Å². The molecular weight excluding hydrogens is 268 g/mol. The van der Waals surface area contributed by atoms with Crippen LogP contribution in [0.3, 0.4) is 0 Å². The number of hydrogen-bond donors (Lipinski definition) is 1. The number of aryl methyl sites for hydroxylation is 2. The Morgan fingerprint density at radius 1 is 1.24 bits per heavy atom. The quantitative estimate of drug-likeness (QED) is 0.672. The van der Waals surface area contributed by atoms with Crippen LogP contribution in [0.5, 0.6) is 11.5 Å². The largest absolute Gasteiger partial charge is 0.450 e. The van der Waals surface area contributed by atoms with Crippen molar-refractivity contribution in [1.82, 2.24) is 5.32 Å². The summed E-state index contributed by atoms with van der Waals surface area (Å²) in [5.41, 5.74) is 2.64. The molecule has 2 aromatic rings. The van der Waals surface area contributed by atoms with Crippen LogP contribution in [-0.4, -0.2) is 12.0 Å². The number of nitrogens with zero attached hydrogens (tertiary/aromatic N) is 1. The Balaban J connectivity index is 2.39. The number of ether oxygens (including phenoxy) is 1. The van der Waals surface area contributed by atoms with Crippen molar-refractivity contribution in [2.75, 3.05) is 7.05 Å². The minimum absolute atomic E-state index is 0.00785. The molecule has 0 atom stereocenters. The van der Waals surface area contributed by atoms with Gasteiger partial charge in [-0.25, -0.2) is 0 Å². The molecule has 0 fully saturated rings. The van der Waals surface area contributed by atoms with Gasteiger partial charge in [-0.2, -0.15) is 0 Å². The van der Waals surface area contributed by atoms with E-state index in [4.69, 9.17) is 4.74 Å². The second kappa shape index (κ2) is 6.37. The first kappa shape index (κ1) is 15.0. The number of benzene rings is 2. The van der Waals surface area contributed by atoms with Gasteiger partial charge < -0.3 is 10.1 Å². The van der Waals surface area contributed by atoms with Crippen molar-refractivity contribution in [3.63, 3.8) is 0 Å². The Kier molecular flexibility index (Phi) is 4.55. The molecule has 0 radical (unpaired) electrons. The van der Waals surface area contributed by atoms with Gasteiger partial charge in [0.25, 0.3) is 0 Å². The van der Waals surface area contributed by atoms with Crippen LogP contribution in [-0.2, 0) is 6.54 Å². The molecule has 2 rings (SSSR count). The highest BCUT2D eigenvalue weighted by Crippen LogP contribution is 2.35. The van der Waals surface area contributed by atoms with E-state index in [0.29, 0.717) is 18.0 Å². The van der Waals surface area contributed by atoms with Crippen LogP contribution in [0.4, 0.5) is 5.69 Å². The molecule has 5 heteroatoms. The van der Waals surface area contributed by atoms with E-state index >= 15 is 0 Å². The van der Waals surface area contributed by atoms with Crippen molar-refractivity contribution in [2.24, 2.45) is 0 Å². The average molecular weight is 286 g/mol. The third kappa shape index (κ3) is 3.58. The highest BCUT2D eigenvalue weighted by molar-refractivity contribution is 5.55. The number of nitro benzene ring substituents is 1. The van der Waals surface area contributed by atoms with E-state index < -0.39 is 4.92 Å². The van der Waals surface area contributed by atoms with Gasteiger partial charge >= 0.3 is 5.69 Å². The molecule has 0 amide bonds. The fourth-order valence-corrected chi connectivity index (χ4v) is 2.24. The molecular formula is C16H18N2O3. The molecule has 0 bridgehead atoms. The lowest BCUT2D eigenvalue weighted by Gasteiger charge is -2.11. The summed E-state index contributed by atoms with van der Waals surface area (Å²) < 4.78 is 5.77. The van der Waals surface area contributed by atoms with Crippen molar-refractivity contribution in [1.29, 1.82) is 0 Å². The van der Waals surface area contributed by atoms with Gasteiger partial charge in [0.05, 0.1) is 4.92 Å². The highest BCUT2D eigenvalue weighted by Gasteiger charge is 2.19.